The van der Waals surface area contributed by atoms with E-state index >= 15 is 0 Å². The molecule has 0 unspecified atom stereocenters. The molecule has 1 saturated heterocycles. The second-order valence-electron chi connectivity index (χ2n) is 4.20. The van der Waals surface area contributed by atoms with Crippen LogP contribution in [0.4, 0.5) is 8.78 Å². The van der Waals surface area contributed by atoms with Crippen molar-refractivity contribution in [3.63, 3.8) is 0 Å². The molecule has 0 bridgehead atoms. The Bertz CT molecular complexity index is 249. The van der Waals surface area contributed by atoms with E-state index < -0.39 is 17.9 Å². The van der Waals surface area contributed by atoms with Crippen LogP contribution in [0.15, 0.2) is 0 Å². The van der Waals surface area contributed by atoms with Gasteiger partial charge in [-0.2, -0.15) is 0 Å². The molecular weight excluding hydrogens is 218 g/mol. The summed E-state index contributed by atoms with van der Waals surface area (Å²) in [5.74, 6) is -3.55. The number of alkyl halides is 2. The number of likely N-dealkylation sites (N-methyl/N-ethyl adjacent to an activating group) is 1. The fraction of sp³-hybridized carbons (Fsp3) is 0.900. The van der Waals surface area contributed by atoms with E-state index in [1.165, 1.54) is 0 Å². The number of carbonyl (C=O) groups is 1. The van der Waals surface area contributed by atoms with Crippen LogP contribution in [0.25, 0.3) is 0 Å². The van der Waals surface area contributed by atoms with Crippen molar-refractivity contribution in [3.8, 4) is 0 Å². The third-order valence-electron chi connectivity index (χ3n) is 2.85. The van der Waals surface area contributed by atoms with Crippen molar-refractivity contribution in [2.75, 3.05) is 26.7 Å². The summed E-state index contributed by atoms with van der Waals surface area (Å²) in [6.07, 6.45) is 0.768. The Morgan fingerprint density at radius 2 is 2.31 bits per heavy atom. The van der Waals surface area contributed by atoms with Gasteiger partial charge in [-0.25, -0.2) is 8.78 Å². The number of piperidine rings is 1. The summed E-state index contributed by atoms with van der Waals surface area (Å²) in [4.78, 5) is 12.3. The fourth-order valence-electron chi connectivity index (χ4n) is 1.94. The minimum Gasteiger partial charge on any atom is -0.480 e. The molecular formula is C10H18F2N2O2. The van der Waals surface area contributed by atoms with E-state index in [1.807, 2.05) is 0 Å². The monoisotopic (exact) mass is 236 g/mol. The third kappa shape index (κ3) is 4.02. The number of nitrogens with one attached hydrogen (secondary N) is 1. The molecule has 0 spiro atoms. The molecule has 6 heteroatoms. The summed E-state index contributed by atoms with van der Waals surface area (Å²) in [6, 6.07) is -0.657. The number of likely N-dealkylation sites (tertiary alicyclic amines) is 1. The number of hydrogen-bond acceptors (Lipinski definition) is 3. The van der Waals surface area contributed by atoms with Crippen LogP contribution in [0.2, 0.25) is 0 Å². The molecule has 0 aromatic heterocycles. The molecule has 1 rings (SSSR count). The number of hydrogen-bond donors (Lipinski definition) is 2. The fourth-order valence-corrected chi connectivity index (χ4v) is 1.94. The van der Waals surface area contributed by atoms with E-state index in [9.17, 15) is 13.6 Å². The zero-order chi connectivity index (χ0) is 12.2. The SMILES string of the molecule is CN[C@@H](CCN1CCCC(F)(F)C1)C(=O)O. The summed E-state index contributed by atoms with van der Waals surface area (Å²) in [5.41, 5.74) is 0. The van der Waals surface area contributed by atoms with Gasteiger partial charge in [0.1, 0.15) is 6.04 Å². The van der Waals surface area contributed by atoms with Gasteiger partial charge in [0.2, 0.25) is 0 Å². The zero-order valence-corrected chi connectivity index (χ0v) is 9.38. The molecule has 0 aromatic carbocycles. The minimum absolute atomic E-state index is 0.0577. The Morgan fingerprint density at radius 3 is 2.81 bits per heavy atom. The van der Waals surface area contributed by atoms with Gasteiger partial charge < -0.3 is 10.4 Å². The number of rotatable bonds is 5. The standard InChI is InChI=1S/C10H18F2N2O2/c1-13-8(9(15)16)3-6-14-5-2-4-10(11,12)7-14/h8,13H,2-7H2,1H3,(H,15,16)/t8-/m0/s1. The van der Waals surface area contributed by atoms with E-state index in [4.69, 9.17) is 5.11 Å². The smallest absolute Gasteiger partial charge is 0.320 e. The van der Waals surface area contributed by atoms with E-state index in [0.29, 0.717) is 25.9 Å². The summed E-state index contributed by atoms with van der Waals surface area (Å²) in [6.45, 7) is 0.780. The highest BCUT2D eigenvalue weighted by Crippen LogP contribution is 2.26. The number of nitrogens with zero attached hydrogens (tertiary/aromatic N) is 1. The first-order valence-corrected chi connectivity index (χ1v) is 5.45. The Kier molecular flexibility index (Phi) is 4.61. The molecule has 1 aliphatic rings. The van der Waals surface area contributed by atoms with Gasteiger partial charge in [0.05, 0.1) is 6.54 Å². The maximum Gasteiger partial charge on any atom is 0.320 e. The average molecular weight is 236 g/mol. The quantitative estimate of drug-likeness (QED) is 0.740. The van der Waals surface area contributed by atoms with Crippen molar-refractivity contribution in [3.05, 3.63) is 0 Å². The van der Waals surface area contributed by atoms with Gasteiger partial charge in [-0.1, -0.05) is 0 Å². The van der Waals surface area contributed by atoms with E-state index in [-0.39, 0.29) is 13.0 Å². The van der Waals surface area contributed by atoms with Crippen LogP contribution in [-0.2, 0) is 4.79 Å². The first-order valence-electron chi connectivity index (χ1n) is 5.45. The topological polar surface area (TPSA) is 52.6 Å². The summed E-state index contributed by atoms with van der Waals surface area (Å²) < 4.78 is 26.1. The van der Waals surface area contributed by atoms with Gasteiger partial charge in [-0.3, -0.25) is 9.69 Å². The van der Waals surface area contributed by atoms with Crippen LogP contribution in [0, 0.1) is 0 Å². The Balaban J connectivity index is 2.34. The third-order valence-corrected chi connectivity index (χ3v) is 2.85. The van der Waals surface area contributed by atoms with Crippen LogP contribution in [0.1, 0.15) is 19.3 Å². The second kappa shape index (κ2) is 5.54. The van der Waals surface area contributed by atoms with E-state index in [2.05, 4.69) is 5.32 Å². The molecule has 0 amide bonds. The largest absolute Gasteiger partial charge is 0.480 e. The number of carboxylic acid groups (broad SMARTS) is 1. The Morgan fingerprint density at radius 1 is 1.62 bits per heavy atom. The van der Waals surface area contributed by atoms with Crippen LogP contribution in [0.5, 0.6) is 0 Å². The van der Waals surface area contributed by atoms with E-state index in [0.717, 1.165) is 0 Å². The predicted molar refractivity (Wildman–Crippen MR) is 55.7 cm³/mol. The normalized spacial score (nSPS) is 22.9. The van der Waals surface area contributed by atoms with Crippen molar-refractivity contribution >= 4 is 5.97 Å². The lowest BCUT2D eigenvalue weighted by molar-refractivity contribution is -0.139. The van der Waals surface area contributed by atoms with Crippen molar-refractivity contribution < 1.29 is 18.7 Å². The lowest BCUT2D eigenvalue weighted by Gasteiger charge is -2.32. The van der Waals surface area contributed by atoms with Crippen molar-refractivity contribution in [2.45, 2.75) is 31.2 Å². The van der Waals surface area contributed by atoms with Gasteiger partial charge >= 0.3 is 5.97 Å². The molecule has 1 fully saturated rings. The molecule has 0 saturated carbocycles. The van der Waals surface area contributed by atoms with Gasteiger partial charge in [-0.05, 0) is 26.4 Å². The molecule has 16 heavy (non-hydrogen) atoms. The second-order valence-corrected chi connectivity index (χ2v) is 4.20. The first kappa shape index (κ1) is 13.3. The van der Waals surface area contributed by atoms with Gasteiger partial charge in [0.15, 0.2) is 0 Å². The van der Waals surface area contributed by atoms with Gasteiger partial charge in [-0.15, -0.1) is 0 Å². The number of carboxylic acids is 1. The molecule has 4 nitrogen and oxygen atoms in total. The molecule has 1 heterocycles. The lowest BCUT2D eigenvalue weighted by Crippen LogP contribution is -2.45. The van der Waals surface area contributed by atoms with Crippen molar-refractivity contribution in [1.82, 2.24) is 10.2 Å². The first-order chi connectivity index (χ1) is 7.44. The Hall–Kier alpha value is -0.750. The summed E-state index contributed by atoms with van der Waals surface area (Å²) in [7, 11) is 1.56. The molecule has 0 aromatic rings. The highest BCUT2D eigenvalue weighted by Gasteiger charge is 2.35. The summed E-state index contributed by atoms with van der Waals surface area (Å²) in [5, 5.41) is 11.4. The van der Waals surface area contributed by atoms with Gasteiger partial charge in [0, 0.05) is 13.0 Å². The van der Waals surface area contributed by atoms with Crippen LogP contribution >= 0.6 is 0 Å². The average Bonchev–Trinajstić information content (AvgIpc) is 2.16. The molecule has 0 radical (unpaired) electrons. The van der Waals surface area contributed by atoms with Crippen molar-refractivity contribution in [2.24, 2.45) is 0 Å². The van der Waals surface area contributed by atoms with Crippen LogP contribution in [-0.4, -0.2) is 54.6 Å². The van der Waals surface area contributed by atoms with Crippen LogP contribution in [0.3, 0.4) is 0 Å². The van der Waals surface area contributed by atoms with Gasteiger partial charge in [0.25, 0.3) is 5.92 Å². The predicted octanol–water partition coefficient (Wildman–Crippen LogP) is 0.780. The number of halogens is 2. The highest BCUT2D eigenvalue weighted by atomic mass is 19.3. The maximum atomic E-state index is 13.0. The highest BCUT2D eigenvalue weighted by molar-refractivity contribution is 5.73. The molecule has 2 N–H and O–H groups in total. The zero-order valence-electron chi connectivity index (χ0n) is 9.38. The molecule has 94 valence electrons. The van der Waals surface area contributed by atoms with Crippen molar-refractivity contribution in [1.29, 1.82) is 0 Å². The summed E-state index contributed by atoms with van der Waals surface area (Å²) >= 11 is 0. The minimum atomic E-state index is -2.61. The Labute approximate surface area is 93.6 Å². The lowest BCUT2D eigenvalue weighted by atomic mass is 10.1. The van der Waals surface area contributed by atoms with Crippen LogP contribution < -0.4 is 5.32 Å². The maximum absolute atomic E-state index is 13.0. The molecule has 0 aliphatic carbocycles. The molecule has 1 atom stereocenters. The molecule has 1 aliphatic heterocycles. The van der Waals surface area contributed by atoms with E-state index in [1.54, 1.807) is 11.9 Å². The number of aliphatic carboxylic acids is 1.